The number of hydrogen-bond donors (Lipinski definition) is 1. The highest BCUT2D eigenvalue weighted by Gasteiger charge is 2.30. The van der Waals surface area contributed by atoms with E-state index in [4.69, 9.17) is 4.74 Å². The van der Waals surface area contributed by atoms with Crippen molar-refractivity contribution in [2.75, 3.05) is 20.2 Å². The second-order valence-corrected chi connectivity index (χ2v) is 4.72. The van der Waals surface area contributed by atoms with E-state index >= 15 is 0 Å². The van der Waals surface area contributed by atoms with Gasteiger partial charge in [0.15, 0.2) is 0 Å². The monoisotopic (exact) mass is 252 g/mol. The topological polar surface area (TPSA) is 59.4 Å². The molecular formula is C12H20N4O2. The van der Waals surface area contributed by atoms with Crippen LogP contribution in [-0.4, -0.2) is 52.9 Å². The molecule has 0 aromatic carbocycles. The number of rotatable bonds is 3. The number of ether oxygens (including phenoxy) is 1. The van der Waals surface area contributed by atoms with Gasteiger partial charge in [0.2, 0.25) is 5.91 Å². The highest BCUT2D eigenvalue weighted by atomic mass is 16.5. The van der Waals surface area contributed by atoms with Crippen LogP contribution in [0.25, 0.3) is 0 Å². The number of hydrogen-bond acceptors (Lipinski definition) is 4. The van der Waals surface area contributed by atoms with Gasteiger partial charge in [-0.2, -0.15) is 5.10 Å². The van der Waals surface area contributed by atoms with E-state index < -0.39 is 0 Å². The summed E-state index contributed by atoms with van der Waals surface area (Å²) in [7, 11) is 3.67. The summed E-state index contributed by atoms with van der Waals surface area (Å²) in [5.41, 5.74) is 1.03. The molecule has 1 saturated heterocycles. The van der Waals surface area contributed by atoms with Gasteiger partial charge < -0.3 is 15.0 Å². The first kappa shape index (κ1) is 13.0. The molecule has 0 bridgehead atoms. The molecule has 0 spiro atoms. The van der Waals surface area contributed by atoms with Crippen LogP contribution in [0.1, 0.15) is 12.5 Å². The van der Waals surface area contributed by atoms with E-state index in [0.717, 1.165) is 12.1 Å². The van der Waals surface area contributed by atoms with E-state index in [0.29, 0.717) is 13.2 Å². The van der Waals surface area contributed by atoms with Crippen molar-refractivity contribution < 1.29 is 9.53 Å². The van der Waals surface area contributed by atoms with Gasteiger partial charge in [0, 0.05) is 38.9 Å². The van der Waals surface area contributed by atoms with Crippen LogP contribution in [0.15, 0.2) is 12.4 Å². The van der Waals surface area contributed by atoms with Crippen molar-refractivity contribution in [3.05, 3.63) is 18.0 Å². The van der Waals surface area contributed by atoms with Crippen LogP contribution in [0.3, 0.4) is 0 Å². The molecule has 1 fully saturated rings. The minimum Gasteiger partial charge on any atom is -0.375 e. The molecule has 6 heteroatoms. The Labute approximate surface area is 107 Å². The highest BCUT2D eigenvalue weighted by molar-refractivity contribution is 5.82. The fourth-order valence-corrected chi connectivity index (χ4v) is 2.15. The molecule has 6 nitrogen and oxygen atoms in total. The number of likely N-dealkylation sites (N-methyl/N-ethyl adjacent to an activating group) is 1. The van der Waals surface area contributed by atoms with Crippen molar-refractivity contribution in [1.82, 2.24) is 20.0 Å². The van der Waals surface area contributed by atoms with Crippen LogP contribution in [0.5, 0.6) is 0 Å². The lowest BCUT2D eigenvalue weighted by molar-refractivity contribution is -0.138. The van der Waals surface area contributed by atoms with Crippen molar-refractivity contribution in [2.24, 2.45) is 7.05 Å². The van der Waals surface area contributed by atoms with Gasteiger partial charge in [-0.05, 0) is 6.92 Å². The fraction of sp³-hybridized carbons (Fsp3) is 0.667. The van der Waals surface area contributed by atoms with Crippen LogP contribution in [-0.2, 0) is 23.1 Å². The standard InChI is InChI=1S/C12H20N4O2/c1-9-11(13-4-5-18-9)12(17)15(2)7-10-6-14-16(3)8-10/h6,8-9,11,13H,4-5,7H2,1-3H3/t9-,11+/m1/s1. The molecule has 2 atom stereocenters. The molecule has 0 radical (unpaired) electrons. The Morgan fingerprint density at radius 2 is 2.50 bits per heavy atom. The lowest BCUT2D eigenvalue weighted by atomic mass is 10.1. The summed E-state index contributed by atoms with van der Waals surface area (Å²) >= 11 is 0. The zero-order valence-corrected chi connectivity index (χ0v) is 11.1. The van der Waals surface area contributed by atoms with Crippen LogP contribution >= 0.6 is 0 Å². The number of amides is 1. The number of aromatic nitrogens is 2. The summed E-state index contributed by atoms with van der Waals surface area (Å²) in [4.78, 5) is 14.0. The minimum absolute atomic E-state index is 0.0612. The van der Waals surface area contributed by atoms with Crippen LogP contribution in [0.4, 0.5) is 0 Å². The van der Waals surface area contributed by atoms with Crippen molar-refractivity contribution >= 4 is 5.91 Å². The summed E-state index contributed by atoms with van der Waals surface area (Å²) in [6.45, 7) is 3.88. The molecule has 1 N–H and O–H groups in total. The predicted molar refractivity (Wildman–Crippen MR) is 66.9 cm³/mol. The Morgan fingerprint density at radius 3 is 3.11 bits per heavy atom. The first-order valence-electron chi connectivity index (χ1n) is 6.15. The van der Waals surface area contributed by atoms with Gasteiger partial charge in [-0.15, -0.1) is 0 Å². The molecule has 2 heterocycles. The Balaban J connectivity index is 1.95. The van der Waals surface area contributed by atoms with Gasteiger partial charge in [-0.3, -0.25) is 9.48 Å². The smallest absolute Gasteiger partial charge is 0.242 e. The molecule has 100 valence electrons. The second kappa shape index (κ2) is 5.49. The summed E-state index contributed by atoms with van der Waals surface area (Å²) in [6.07, 6.45) is 3.61. The summed E-state index contributed by atoms with van der Waals surface area (Å²) < 4.78 is 7.22. The summed E-state index contributed by atoms with van der Waals surface area (Å²) in [5.74, 6) is 0.0612. The normalized spacial score (nSPS) is 23.9. The lowest BCUT2D eigenvalue weighted by Crippen LogP contribution is -2.55. The molecular weight excluding hydrogens is 232 g/mol. The summed E-state index contributed by atoms with van der Waals surface area (Å²) in [6, 6.07) is -0.250. The average molecular weight is 252 g/mol. The van der Waals surface area contributed by atoms with Crippen molar-refractivity contribution in [3.8, 4) is 0 Å². The van der Waals surface area contributed by atoms with Gasteiger partial charge in [0.25, 0.3) is 0 Å². The molecule has 0 aliphatic carbocycles. The number of carbonyl (C=O) groups excluding carboxylic acids is 1. The third-order valence-electron chi connectivity index (χ3n) is 3.14. The van der Waals surface area contributed by atoms with E-state index in [-0.39, 0.29) is 18.1 Å². The second-order valence-electron chi connectivity index (χ2n) is 4.72. The maximum Gasteiger partial charge on any atom is 0.242 e. The molecule has 0 unspecified atom stereocenters. The lowest BCUT2D eigenvalue weighted by Gasteiger charge is -2.32. The van der Waals surface area contributed by atoms with E-state index in [9.17, 15) is 4.79 Å². The van der Waals surface area contributed by atoms with E-state index in [1.165, 1.54) is 0 Å². The van der Waals surface area contributed by atoms with Gasteiger partial charge in [0.1, 0.15) is 6.04 Å². The third-order valence-corrected chi connectivity index (χ3v) is 3.14. The Hall–Kier alpha value is -1.40. The Morgan fingerprint density at radius 1 is 1.72 bits per heavy atom. The SMILES string of the molecule is C[C@H]1OCCN[C@@H]1C(=O)N(C)Cc1cnn(C)c1. The fourth-order valence-electron chi connectivity index (χ4n) is 2.15. The first-order chi connectivity index (χ1) is 8.58. The van der Waals surface area contributed by atoms with Gasteiger partial charge in [-0.25, -0.2) is 0 Å². The van der Waals surface area contributed by atoms with Crippen molar-refractivity contribution in [3.63, 3.8) is 0 Å². The van der Waals surface area contributed by atoms with Crippen LogP contribution < -0.4 is 5.32 Å². The van der Waals surface area contributed by atoms with Crippen molar-refractivity contribution in [1.29, 1.82) is 0 Å². The number of nitrogens with one attached hydrogen (secondary N) is 1. The number of nitrogens with zero attached hydrogens (tertiary/aromatic N) is 3. The molecule has 1 aromatic heterocycles. The quantitative estimate of drug-likeness (QED) is 0.806. The predicted octanol–water partition coefficient (Wildman–Crippen LogP) is -0.245. The van der Waals surface area contributed by atoms with Gasteiger partial charge in [0.05, 0.1) is 18.9 Å². The number of carbonyl (C=O) groups is 1. The third kappa shape index (κ3) is 2.88. The molecule has 1 aromatic rings. The molecule has 1 aliphatic heterocycles. The first-order valence-corrected chi connectivity index (χ1v) is 6.15. The molecule has 18 heavy (non-hydrogen) atoms. The molecule has 1 aliphatic rings. The zero-order chi connectivity index (χ0) is 13.1. The Bertz CT molecular complexity index is 418. The molecule has 2 rings (SSSR count). The number of aryl methyl sites for hydroxylation is 1. The van der Waals surface area contributed by atoms with Crippen molar-refractivity contribution in [2.45, 2.75) is 25.6 Å². The van der Waals surface area contributed by atoms with Crippen LogP contribution in [0, 0.1) is 0 Å². The van der Waals surface area contributed by atoms with E-state index in [1.807, 2.05) is 20.2 Å². The summed E-state index contributed by atoms with van der Waals surface area (Å²) in [5, 5.41) is 7.30. The maximum atomic E-state index is 12.3. The van der Waals surface area contributed by atoms with Crippen LogP contribution in [0.2, 0.25) is 0 Å². The molecule has 0 saturated carbocycles. The van der Waals surface area contributed by atoms with E-state index in [2.05, 4.69) is 10.4 Å². The number of morpholine rings is 1. The van der Waals surface area contributed by atoms with Gasteiger partial charge in [-0.1, -0.05) is 0 Å². The Kier molecular flexibility index (Phi) is 3.98. The maximum absolute atomic E-state index is 12.3. The van der Waals surface area contributed by atoms with E-state index in [1.54, 1.807) is 22.8 Å². The highest BCUT2D eigenvalue weighted by Crippen LogP contribution is 2.09. The van der Waals surface area contributed by atoms with Gasteiger partial charge >= 0.3 is 0 Å². The zero-order valence-electron chi connectivity index (χ0n) is 11.1. The average Bonchev–Trinajstić information content (AvgIpc) is 2.74. The largest absolute Gasteiger partial charge is 0.375 e. The molecule has 1 amide bonds. The minimum atomic E-state index is -0.250.